The number of nitrogens with zero attached hydrogens (tertiary/aromatic N) is 3. The minimum Gasteiger partial charge on any atom is -0.316 e. The van der Waals surface area contributed by atoms with Gasteiger partial charge in [0.05, 0.1) is 17.8 Å². The number of rotatable bonds is 3. The summed E-state index contributed by atoms with van der Waals surface area (Å²) in [4.78, 5) is 2.64. The molecule has 2 unspecified atom stereocenters. The first-order valence-electron chi connectivity index (χ1n) is 8.25. The zero-order valence-electron chi connectivity index (χ0n) is 12.9. The molecule has 1 N–H and O–H groups in total. The summed E-state index contributed by atoms with van der Waals surface area (Å²) in [6.07, 6.45) is 5.96. The molecule has 2 aromatic rings. The molecule has 2 aliphatic rings. The summed E-state index contributed by atoms with van der Waals surface area (Å²) in [5.74, 6) is 0.840. The van der Waals surface area contributed by atoms with Crippen LogP contribution in [0.25, 0.3) is 10.9 Å². The molecule has 0 amide bonds. The fraction of sp³-hybridized carbons (Fsp3) is 0.588. The number of aromatic nitrogens is 2. The lowest BCUT2D eigenvalue weighted by atomic mass is 9.99. The minimum absolute atomic E-state index is 0. The second kappa shape index (κ2) is 6.99. The Morgan fingerprint density at radius 1 is 1.23 bits per heavy atom. The van der Waals surface area contributed by atoms with E-state index in [0.717, 1.165) is 12.5 Å². The average molecular weight is 321 g/mol. The van der Waals surface area contributed by atoms with Gasteiger partial charge in [-0.2, -0.15) is 5.10 Å². The molecule has 0 radical (unpaired) electrons. The summed E-state index contributed by atoms with van der Waals surface area (Å²) in [5.41, 5.74) is 1.28. The molecule has 2 atom stereocenters. The van der Waals surface area contributed by atoms with Crippen molar-refractivity contribution in [3.05, 3.63) is 30.5 Å². The molecule has 0 bridgehead atoms. The maximum Gasteiger partial charge on any atom is 0.0686 e. The number of fused-ring (bicyclic) bond motifs is 1. The predicted molar refractivity (Wildman–Crippen MR) is 92.7 cm³/mol. The second-order valence-corrected chi connectivity index (χ2v) is 6.56. The zero-order chi connectivity index (χ0) is 14.1. The lowest BCUT2D eigenvalue weighted by Gasteiger charge is -2.27. The van der Waals surface area contributed by atoms with Crippen molar-refractivity contribution in [3.8, 4) is 0 Å². The Bertz CT molecular complexity index is 605. The number of likely N-dealkylation sites (tertiary alicyclic amines) is 1. The molecule has 0 aliphatic carbocycles. The number of piperidine rings is 1. The third-order valence-electron chi connectivity index (χ3n) is 5.01. The van der Waals surface area contributed by atoms with Crippen LogP contribution in [0.15, 0.2) is 30.5 Å². The Labute approximate surface area is 138 Å². The molecule has 0 saturated carbocycles. The molecular weight excluding hydrogens is 296 g/mol. The van der Waals surface area contributed by atoms with Gasteiger partial charge in [-0.3, -0.25) is 4.68 Å². The summed E-state index contributed by atoms with van der Waals surface area (Å²) in [6.45, 7) is 6.03. The molecule has 4 rings (SSSR count). The van der Waals surface area contributed by atoms with Gasteiger partial charge >= 0.3 is 0 Å². The minimum atomic E-state index is 0. The first-order valence-corrected chi connectivity index (χ1v) is 8.25. The van der Waals surface area contributed by atoms with E-state index in [4.69, 9.17) is 0 Å². The van der Waals surface area contributed by atoms with E-state index in [2.05, 4.69) is 44.3 Å². The zero-order valence-corrected chi connectivity index (χ0v) is 13.8. The van der Waals surface area contributed by atoms with Gasteiger partial charge in [0.25, 0.3) is 0 Å². The standard InChI is InChI=1S/C17H24N4.ClH/c1-2-6-17-15(5-1)11-19-21(17)16-7-9-20(13-16)12-14-4-3-8-18-10-14;/h1-2,5-6,11,14,16,18H,3-4,7-10,12-13H2;1H. The molecule has 0 spiro atoms. The quantitative estimate of drug-likeness (QED) is 0.944. The average Bonchev–Trinajstić information content (AvgIpc) is 3.14. The predicted octanol–water partition coefficient (Wildman–Crippen LogP) is 2.70. The van der Waals surface area contributed by atoms with E-state index < -0.39 is 0 Å². The van der Waals surface area contributed by atoms with Crippen LogP contribution in [0, 0.1) is 5.92 Å². The molecule has 22 heavy (non-hydrogen) atoms. The van der Waals surface area contributed by atoms with E-state index in [-0.39, 0.29) is 12.4 Å². The van der Waals surface area contributed by atoms with E-state index in [1.165, 1.54) is 56.3 Å². The van der Waals surface area contributed by atoms with Crippen molar-refractivity contribution in [1.82, 2.24) is 20.0 Å². The lowest BCUT2D eigenvalue weighted by molar-refractivity contribution is 0.236. The summed E-state index contributed by atoms with van der Waals surface area (Å²) in [7, 11) is 0. The highest BCUT2D eigenvalue weighted by molar-refractivity contribution is 5.85. The third kappa shape index (κ3) is 3.14. The van der Waals surface area contributed by atoms with Crippen LogP contribution in [0.3, 0.4) is 0 Å². The maximum absolute atomic E-state index is 4.64. The van der Waals surface area contributed by atoms with Crippen molar-refractivity contribution in [1.29, 1.82) is 0 Å². The number of para-hydroxylation sites is 1. The van der Waals surface area contributed by atoms with E-state index >= 15 is 0 Å². The van der Waals surface area contributed by atoms with E-state index in [9.17, 15) is 0 Å². The van der Waals surface area contributed by atoms with Gasteiger partial charge in [-0.25, -0.2) is 0 Å². The first kappa shape index (κ1) is 15.8. The fourth-order valence-corrected chi connectivity index (χ4v) is 3.91. The summed E-state index contributed by atoms with van der Waals surface area (Å²) >= 11 is 0. The molecule has 2 fully saturated rings. The molecule has 3 heterocycles. The van der Waals surface area contributed by atoms with Crippen LogP contribution in [-0.2, 0) is 0 Å². The Morgan fingerprint density at radius 3 is 3.00 bits per heavy atom. The van der Waals surface area contributed by atoms with Gasteiger partial charge in [0.15, 0.2) is 0 Å². The van der Waals surface area contributed by atoms with Gasteiger partial charge in [0.1, 0.15) is 0 Å². The molecule has 4 nitrogen and oxygen atoms in total. The van der Waals surface area contributed by atoms with Crippen LogP contribution in [0.2, 0.25) is 0 Å². The molecule has 2 saturated heterocycles. The Hall–Kier alpha value is -1.10. The van der Waals surface area contributed by atoms with Crippen LogP contribution in [0.5, 0.6) is 0 Å². The van der Waals surface area contributed by atoms with Crippen molar-refractivity contribution < 1.29 is 0 Å². The van der Waals surface area contributed by atoms with Crippen LogP contribution in [0.1, 0.15) is 25.3 Å². The third-order valence-corrected chi connectivity index (χ3v) is 5.01. The van der Waals surface area contributed by atoms with Gasteiger partial charge < -0.3 is 10.2 Å². The smallest absolute Gasteiger partial charge is 0.0686 e. The number of benzene rings is 1. The van der Waals surface area contributed by atoms with Gasteiger partial charge in [-0.15, -0.1) is 12.4 Å². The lowest BCUT2D eigenvalue weighted by Crippen LogP contribution is -2.37. The second-order valence-electron chi connectivity index (χ2n) is 6.56. The molecule has 5 heteroatoms. The molecule has 1 aromatic heterocycles. The van der Waals surface area contributed by atoms with Crippen molar-refractivity contribution >= 4 is 23.3 Å². The first-order chi connectivity index (χ1) is 10.4. The van der Waals surface area contributed by atoms with E-state index in [0.29, 0.717) is 6.04 Å². The van der Waals surface area contributed by atoms with Crippen LogP contribution >= 0.6 is 12.4 Å². The molecular formula is C17H25ClN4. The highest BCUT2D eigenvalue weighted by Gasteiger charge is 2.27. The number of halogens is 1. The summed E-state index contributed by atoms with van der Waals surface area (Å²) in [5, 5.41) is 9.42. The van der Waals surface area contributed by atoms with Crippen molar-refractivity contribution in [2.45, 2.75) is 25.3 Å². The van der Waals surface area contributed by atoms with Gasteiger partial charge in [0.2, 0.25) is 0 Å². The summed E-state index contributed by atoms with van der Waals surface area (Å²) < 4.78 is 2.24. The van der Waals surface area contributed by atoms with Crippen molar-refractivity contribution in [2.75, 3.05) is 32.7 Å². The van der Waals surface area contributed by atoms with Crippen molar-refractivity contribution in [2.24, 2.45) is 5.92 Å². The molecule has 2 aliphatic heterocycles. The maximum atomic E-state index is 4.64. The van der Waals surface area contributed by atoms with Gasteiger partial charge in [0, 0.05) is 25.0 Å². The van der Waals surface area contributed by atoms with Crippen LogP contribution < -0.4 is 5.32 Å². The van der Waals surface area contributed by atoms with E-state index in [1.807, 2.05) is 6.20 Å². The Kier molecular flexibility index (Phi) is 5.01. The Balaban J connectivity index is 0.00000144. The highest BCUT2D eigenvalue weighted by atomic mass is 35.5. The number of nitrogens with one attached hydrogen (secondary N) is 1. The Morgan fingerprint density at radius 2 is 2.14 bits per heavy atom. The number of hydrogen-bond donors (Lipinski definition) is 1. The summed E-state index contributed by atoms with van der Waals surface area (Å²) in [6, 6.07) is 9.09. The van der Waals surface area contributed by atoms with E-state index in [1.54, 1.807) is 0 Å². The molecule has 1 aromatic carbocycles. The number of hydrogen-bond acceptors (Lipinski definition) is 3. The topological polar surface area (TPSA) is 33.1 Å². The highest BCUT2D eigenvalue weighted by Crippen LogP contribution is 2.26. The van der Waals surface area contributed by atoms with Gasteiger partial charge in [-0.1, -0.05) is 18.2 Å². The van der Waals surface area contributed by atoms with Crippen LogP contribution in [0.4, 0.5) is 0 Å². The van der Waals surface area contributed by atoms with Crippen LogP contribution in [-0.4, -0.2) is 47.4 Å². The fourth-order valence-electron chi connectivity index (χ4n) is 3.91. The van der Waals surface area contributed by atoms with Crippen molar-refractivity contribution in [3.63, 3.8) is 0 Å². The monoisotopic (exact) mass is 320 g/mol. The van der Waals surface area contributed by atoms with Gasteiger partial charge in [-0.05, 0) is 44.3 Å². The SMILES string of the molecule is Cl.c1ccc2c(c1)cnn2C1CCN(CC2CCCNC2)C1. The normalized spacial score (nSPS) is 26.2. The molecule has 120 valence electrons. The largest absolute Gasteiger partial charge is 0.316 e.